The summed E-state index contributed by atoms with van der Waals surface area (Å²) in [6.45, 7) is 4.80. The molecule has 7 nitrogen and oxygen atoms in total. The first-order valence-corrected chi connectivity index (χ1v) is 11.2. The second-order valence-corrected chi connectivity index (χ2v) is 7.93. The zero-order chi connectivity index (χ0) is 22.8. The van der Waals surface area contributed by atoms with Gasteiger partial charge in [0.25, 0.3) is 0 Å². The van der Waals surface area contributed by atoms with Crippen molar-refractivity contribution < 1.29 is 23.8 Å². The third-order valence-electron chi connectivity index (χ3n) is 4.34. The standard InChI is InChI=1S/C24H26N2O5S/c1-3-29-20-8-10-21(11-9-20)30-13-12-24(28)31-15-19-16-32-23(26-19)14-22(27)25-18-6-4-17(2)5-7-18/h4-11,16H,3,12-15H2,1-2H3,(H,25,27). The summed E-state index contributed by atoms with van der Waals surface area (Å²) in [5.41, 5.74) is 2.50. The summed E-state index contributed by atoms with van der Waals surface area (Å²) < 4.78 is 16.2. The van der Waals surface area contributed by atoms with Gasteiger partial charge in [-0.05, 0) is 50.2 Å². The molecule has 2 aromatic carbocycles. The summed E-state index contributed by atoms with van der Waals surface area (Å²) in [5, 5.41) is 5.30. The highest BCUT2D eigenvalue weighted by Gasteiger charge is 2.11. The number of carbonyl (C=O) groups excluding carboxylic acids is 2. The Kier molecular flexibility index (Phi) is 8.62. The average Bonchev–Trinajstić information content (AvgIpc) is 3.22. The molecule has 168 valence electrons. The Morgan fingerprint density at radius 2 is 1.69 bits per heavy atom. The van der Waals surface area contributed by atoms with Gasteiger partial charge in [-0.2, -0.15) is 0 Å². The van der Waals surface area contributed by atoms with E-state index in [4.69, 9.17) is 14.2 Å². The molecule has 0 atom stereocenters. The van der Waals surface area contributed by atoms with Gasteiger partial charge in [-0.25, -0.2) is 4.98 Å². The van der Waals surface area contributed by atoms with E-state index in [1.54, 1.807) is 17.5 Å². The second-order valence-electron chi connectivity index (χ2n) is 6.99. The van der Waals surface area contributed by atoms with Crippen molar-refractivity contribution in [3.8, 4) is 11.5 Å². The first kappa shape index (κ1) is 23.3. The molecule has 1 aromatic heterocycles. The molecular weight excluding hydrogens is 428 g/mol. The molecule has 0 aliphatic heterocycles. The third kappa shape index (κ3) is 7.70. The fourth-order valence-corrected chi connectivity index (χ4v) is 3.53. The van der Waals surface area contributed by atoms with Crippen molar-refractivity contribution >= 4 is 28.9 Å². The lowest BCUT2D eigenvalue weighted by molar-refractivity contribution is -0.145. The van der Waals surface area contributed by atoms with E-state index < -0.39 is 0 Å². The lowest BCUT2D eigenvalue weighted by Crippen LogP contribution is -2.14. The zero-order valence-corrected chi connectivity index (χ0v) is 18.9. The van der Waals surface area contributed by atoms with Gasteiger partial charge in [0.15, 0.2) is 0 Å². The Balaban J connectivity index is 1.35. The largest absolute Gasteiger partial charge is 0.494 e. The predicted octanol–water partition coefficient (Wildman–Crippen LogP) is 4.54. The number of thiazole rings is 1. The van der Waals surface area contributed by atoms with Crippen molar-refractivity contribution in [3.63, 3.8) is 0 Å². The van der Waals surface area contributed by atoms with Crippen LogP contribution in [-0.2, 0) is 27.4 Å². The summed E-state index contributed by atoms with van der Waals surface area (Å²) in [6, 6.07) is 14.8. The Morgan fingerprint density at radius 3 is 2.38 bits per heavy atom. The number of benzene rings is 2. The maximum atomic E-state index is 12.2. The van der Waals surface area contributed by atoms with E-state index in [9.17, 15) is 9.59 Å². The van der Waals surface area contributed by atoms with Crippen LogP contribution in [0.4, 0.5) is 5.69 Å². The predicted molar refractivity (Wildman–Crippen MR) is 123 cm³/mol. The lowest BCUT2D eigenvalue weighted by Gasteiger charge is -2.07. The Labute approximate surface area is 191 Å². The molecule has 1 N–H and O–H groups in total. The van der Waals surface area contributed by atoms with Gasteiger partial charge in [-0.15, -0.1) is 11.3 Å². The number of aromatic nitrogens is 1. The molecule has 3 rings (SSSR count). The number of amides is 1. The van der Waals surface area contributed by atoms with Crippen LogP contribution in [0.5, 0.6) is 11.5 Å². The highest BCUT2D eigenvalue weighted by Crippen LogP contribution is 2.18. The Bertz CT molecular complexity index is 1020. The van der Waals surface area contributed by atoms with E-state index in [1.807, 2.05) is 50.2 Å². The zero-order valence-electron chi connectivity index (χ0n) is 18.1. The lowest BCUT2D eigenvalue weighted by atomic mass is 10.2. The molecule has 1 heterocycles. The SMILES string of the molecule is CCOc1ccc(OCCC(=O)OCc2csc(CC(=O)Nc3ccc(C)cc3)n2)cc1. The molecule has 0 aliphatic carbocycles. The van der Waals surface area contributed by atoms with E-state index in [0.717, 1.165) is 17.0 Å². The van der Waals surface area contributed by atoms with Crippen LogP contribution in [0.3, 0.4) is 0 Å². The van der Waals surface area contributed by atoms with E-state index in [-0.39, 0.29) is 37.9 Å². The minimum Gasteiger partial charge on any atom is -0.494 e. The summed E-state index contributed by atoms with van der Waals surface area (Å²) >= 11 is 1.36. The van der Waals surface area contributed by atoms with Gasteiger partial charge in [0.1, 0.15) is 23.1 Å². The molecule has 0 saturated carbocycles. The molecule has 32 heavy (non-hydrogen) atoms. The number of esters is 1. The Morgan fingerprint density at radius 1 is 1.00 bits per heavy atom. The summed E-state index contributed by atoms with van der Waals surface area (Å²) in [5.74, 6) is 0.921. The van der Waals surface area contributed by atoms with Crippen LogP contribution in [-0.4, -0.2) is 30.1 Å². The van der Waals surface area contributed by atoms with Crippen molar-refractivity contribution in [3.05, 3.63) is 70.2 Å². The van der Waals surface area contributed by atoms with Crippen molar-refractivity contribution in [1.82, 2.24) is 4.98 Å². The van der Waals surface area contributed by atoms with E-state index in [0.29, 0.717) is 23.1 Å². The van der Waals surface area contributed by atoms with Crippen LogP contribution in [0.15, 0.2) is 53.9 Å². The maximum Gasteiger partial charge on any atom is 0.309 e. The number of nitrogens with one attached hydrogen (secondary N) is 1. The monoisotopic (exact) mass is 454 g/mol. The molecular formula is C24H26N2O5S. The van der Waals surface area contributed by atoms with Gasteiger partial charge in [0.05, 0.1) is 31.7 Å². The van der Waals surface area contributed by atoms with E-state index >= 15 is 0 Å². The fraction of sp³-hybridized carbons (Fsp3) is 0.292. The van der Waals surface area contributed by atoms with Crippen LogP contribution in [0.1, 0.15) is 29.6 Å². The molecule has 0 spiro atoms. The maximum absolute atomic E-state index is 12.2. The number of carbonyl (C=O) groups is 2. The van der Waals surface area contributed by atoms with Crippen molar-refractivity contribution in [2.75, 3.05) is 18.5 Å². The van der Waals surface area contributed by atoms with E-state index in [1.165, 1.54) is 11.3 Å². The van der Waals surface area contributed by atoms with Gasteiger partial charge in [-0.3, -0.25) is 9.59 Å². The molecule has 0 unspecified atom stereocenters. The minimum atomic E-state index is -0.373. The smallest absolute Gasteiger partial charge is 0.309 e. The molecule has 0 aliphatic rings. The molecule has 0 saturated heterocycles. The van der Waals surface area contributed by atoms with Crippen LogP contribution in [0, 0.1) is 6.92 Å². The fourth-order valence-electron chi connectivity index (χ4n) is 2.75. The van der Waals surface area contributed by atoms with Crippen LogP contribution < -0.4 is 14.8 Å². The molecule has 8 heteroatoms. The third-order valence-corrected chi connectivity index (χ3v) is 5.23. The molecule has 0 radical (unpaired) electrons. The number of hydrogen-bond acceptors (Lipinski definition) is 7. The number of anilines is 1. The van der Waals surface area contributed by atoms with Crippen molar-refractivity contribution in [1.29, 1.82) is 0 Å². The minimum absolute atomic E-state index is 0.0674. The average molecular weight is 455 g/mol. The summed E-state index contributed by atoms with van der Waals surface area (Å²) in [7, 11) is 0. The number of ether oxygens (including phenoxy) is 3. The molecule has 0 bridgehead atoms. The number of hydrogen-bond donors (Lipinski definition) is 1. The van der Waals surface area contributed by atoms with Gasteiger partial charge in [-0.1, -0.05) is 17.7 Å². The number of rotatable bonds is 11. The van der Waals surface area contributed by atoms with Crippen LogP contribution >= 0.6 is 11.3 Å². The summed E-state index contributed by atoms with van der Waals surface area (Å²) in [4.78, 5) is 28.5. The first-order chi connectivity index (χ1) is 15.5. The normalized spacial score (nSPS) is 10.4. The topological polar surface area (TPSA) is 86.8 Å². The first-order valence-electron chi connectivity index (χ1n) is 10.3. The highest BCUT2D eigenvalue weighted by molar-refractivity contribution is 7.09. The number of aryl methyl sites for hydroxylation is 1. The van der Waals surface area contributed by atoms with Crippen LogP contribution in [0.25, 0.3) is 0 Å². The van der Waals surface area contributed by atoms with Crippen molar-refractivity contribution in [2.45, 2.75) is 33.3 Å². The highest BCUT2D eigenvalue weighted by atomic mass is 32.1. The van der Waals surface area contributed by atoms with Gasteiger partial charge in [0, 0.05) is 11.1 Å². The van der Waals surface area contributed by atoms with Gasteiger partial charge in [0.2, 0.25) is 5.91 Å². The molecule has 0 fully saturated rings. The van der Waals surface area contributed by atoms with Gasteiger partial charge >= 0.3 is 5.97 Å². The molecule has 1 amide bonds. The van der Waals surface area contributed by atoms with Gasteiger partial charge < -0.3 is 19.5 Å². The summed E-state index contributed by atoms with van der Waals surface area (Å²) in [6.07, 6.45) is 0.297. The molecule has 3 aromatic rings. The Hall–Kier alpha value is -3.39. The van der Waals surface area contributed by atoms with Crippen molar-refractivity contribution in [2.24, 2.45) is 0 Å². The quantitative estimate of drug-likeness (QED) is 0.428. The second kappa shape index (κ2) is 11.9. The number of nitrogens with zero attached hydrogens (tertiary/aromatic N) is 1. The van der Waals surface area contributed by atoms with Crippen LogP contribution in [0.2, 0.25) is 0 Å². The van der Waals surface area contributed by atoms with E-state index in [2.05, 4.69) is 10.3 Å².